The summed E-state index contributed by atoms with van der Waals surface area (Å²) in [4.78, 5) is 20.4. The fourth-order valence-electron chi connectivity index (χ4n) is 4.13. The molecule has 0 spiro atoms. The molecule has 15 heteroatoms. The molecule has 0 unspecified atom stereocenters. The highest BCUT2D eigenvalue weighted by Gasteiger charge is 2.31. The zero-order chi connectivity index (χ0) is 28.9. The number of carbonyl (C=O) groups is 1. The lowest BCUT2D eigenvalue weighted by molar-refractivity contribution is -0.130. The highest BCUT2D eigenvalue weighted by atomic mass is 32.2. The van der Waals surface area contributed by atoms with E-state index in [0.717, 1.165) is 16.7 Å². The fraction of sp³-hybridized carbons (Fsp3) is 0.360. The molecule has 2 aromatic heterocycles. The number of hydrogen-bond donors (Lipinski definition) is 2. The van der Waals surface area contributed by atoms with Crippen molar-refractivity contribution < 1.29 is 36.2 Å². The summed E-state index contributed by atoms with van der Waals surface area (Å²) in [5.74, 6) is -1.13. The van der Waals surface area contributed by atoms with Gasteiger partial charge in [-0.1, -0.05) is 12.1 Å². The van der Waals surface area contributed by atoms with Crippen LogP contribution in [-0.2, 0) is 16.6 Å². The molecule has 1 fully saturated rings. The molecule has 0 aliphatic carbocycles. The highest BCUT2D eigenvalue weighted by Crippen LogP contribution is 2.29. The topological polar surface area (TPSA) is 138 Å². The van der Waals surface area contributed by atoms with E-state index in [1.807, 2.05) is 23.1 Å². The number of hydrogen-bond acceptors (Lipinski definition) is 10. The van der Waals surface area contributed by atoms with Crippen molar-refractivity contribution in [2.45, 2.75) is 19.1 Å². The summed E-state index contributed by atoms with van der Waals surface area (Å²) >= 11 is 0. The van der Waals surface area contributed by atoms with Gasteiger partial charge in [0.1, 0.15) is 11.5 Å². The number of anilines is 1. The fourth-order valence-corrected chi connectivity index (χ4v) is 5.12. The predicted octanol–water partition coefficient (Wildman–Crippen LogP) is 2.59. The van der Waals surface area contributed by atoms with Crippen molar-refractivity contribution in [3.05, 3.63) is 60.0 Å². The minimum atomic E-state index is -4.66. The molecule has 11 nitrogen and oxygen atoms in total. The van der Waals surface area contributed by atoms with Crippen LogP contribution in [0.2, 0.25) is 0 Å². The number of methoxy groups -OCH3 is 1. The van der Waals surface area contributed by atoms with E-state index in [-0.39, 0.29) is 11.4 Å². The van der Waals surface area contributed by atoms with Crippen LogP contribution in [0.15, 0.2) is 48.8 Å². The van der Waals surface area contributed by atoms with Crippen LogP contribution in [0.5, 0.6) is 11.5 Å². The Morgan fingerprint density at radius 3 is 2.42 bits per heavy atom. The first-order chi connectivity index (χ1) is 18.9. The number of nitrogens with zero attached hydrogens (tertiary/aromatic N) is 5. The summed E-state index contributed by atoms with van der Waals surface area (Å²) in [6.45, 7) is 3.26. The van der Waals surface area contributed by atoms with E-state index >= 15 is 0 Å². The maximum Gasteiger partial charge on any atom is 0.390 e. The number of pyridine rings is 1. The Kier molecular flexibility index (Phi) is 8.73. The molecular weight excluding hydrogens is 553 g/mol. The molecular formula is C25H27F3N6O5S. The summed E-state index contributed by atoms with van der Waals surface area (Å²) in [7, 11) is -2.87. The average molecular weight is 581 g/mol. The quantitative estimate of drug-likeness (QED) is 0.389. The first-order valence-corrected chi connectivity index (χ1v) is 13.8. The van der Waals surface area contributed by atoms with Crippen molar-refractivity contribution in [1.82, 2.24) is 24.8 Å². The zero-order valence-corrected chi connectivity index (χ0v) is 22.2. The first kappa shape index (κ1) is 29.0. The van der Waals surface area contributed by atoms with Crippen LogP contribution in [0.3, 0.4) is 0 Å². The van der Waals surface area contributed by atoms with Crippen LogP contribution in [0.25, 0.3) is 11.1 Å². The van der Waals surface area contributed by atoms with Gasteiger partial charge in [0, 0.05) is 50.0 Å². The van der Waals surface area contributed by atoms with Gasteiger partial charge in [-0.2, -0.15) is 13.2 Å². The molecule has 1 aromatic carbocycles. The first-order valence-electron chi connectivity index (χ1n) is 12.2. The van der Waals surface area contributed by atoms with Gasteiger partial charge >= 0.3 is 6.18 Å². The molecule has 40 heavy (non-hydrogen) atoms. The number of sulfonamides is 1. The molecule has 0 radical (unpaired) electrons. The maximum absolute atomic E-state index is 12.3. The van der Waals surface area contributed by atoms with Crippen LogP contribution in [0.4, 0.5) is 19.0 Å². The molecule has 1 amide bonds. The SMILES string of the molecule is COc1cc(-c2cncc(O)c2)ccc1CN1CCN(c2ccc(C(=O)NS(=O)(=O)CCC(F)(F)F)nn2)CC1. The number of halogens is 3. The number of aromatic nitrogens is 3. The number of benzene rings is 1. The summed E-state index contributed by atoms with van der Waals surface area (Å²) in [5.41, 5.74) is 2.30. The largest absolute Gasteiger partial charge is 0.506 e. The second-order valence-corrected chi connectivity index (χ2v) is 11.0. The summed E-state index contributed by atoms with van der Waals surface area (Å²) in [6, 6.07) is 10.2. The van der Waals surface area contributed by atoms with Crippen molar-refractivity contribution in [3.8, 4) is 22.6 Å². The van der Waals surface area contributed by atoms with Crippen molar-refractivity contribution in [2.75, 3.05) is 43.9 Å². The van der Waals surface area contributed by atoms with Gasteiger partial charge < -0.3 is 14.7 Å². The Morgan fingerprint density at radius 2 is 1.80 bits per heavy atom. The van der Waals surface area contributed by atoms with E-state index in [2.05, 4.69) is 20.1 Å². The molecule has 0 bridgehead atoms. The lowest BCUT2D eigenvalue weighted by atomic mass is 10.0. The molecule has 0 saturated carbocycles. The van der Waals surface area contributed by atoms with Gasteiger partial charge in [-0.15, -0.1) is 10.2 Å². The van der Waals surface area contributed by atoms with Gasteiger partial charge in [-0.3, -0.25) is 14.7 Å². The van der Waals surface area contributed by atoms with Gasteiger partial charge in [0.05, 0.1) is 25.5 Å². The molecule has 0 atom stereocenters. The minimum Gasteiger partial charge on any atom is -0.506 e. The number of piperazine rings is 1. The molecule has 1 saturated heterocycles. The zero-order valence-electron chi connectivity index (χ0n) is 21.4. The third-order valence-corrected chi connectivity index (χ3v) is 7.46. The van der Waals surface area contributed by atoms with Gasteiger partial charge in [0.15, 0.2) is 11.5 Å². The van der Waals surface area contributed by atoms with Crippen molar-refractivity contribution in [2.24, 2.45) is 0 Å². The van der Waals surface area contributed by atoms with Crippen LogP contribution in [-0.4, -0.2) is 84.7 Å². The lowest BCUT2D eigenvalue weighted by Gasteiger charge is -2.35. The molecule has 1 aliphatic heterocycles. The van der Waals surface area contributed by atoms with Gasteiger partial charge in [0.25, 0.3) is 5.91 Å². The Morgan fingerprint density at radius 1 is 1.05 bits per heavy atom. The maximum atomic E-state index is 12.3. The van der Waals surface area contributed by atoms with E-state index < -0.39 is 34.3 Å². The molecule has 1 aliphatic rings. The smallest absolute Gasteiger partial charge is 0.390 e. The normalized spacial score (nSPS) is 14.7. The van der Waals surface area contributed by atoms with Gasteiger partial charge in [0.2, 0.25) is 10.0 Å². The number of ether oxygens (including phenoxy) is 1. The number of carbonyl (C=O) groups excluding carboxylic acids is 1. The highest BCUT2D eigenvalue weighted by molar-refractivity contribution is 7.90. The van der Waals surface area contributed by atoms with Gasteiger partial charge in [-0.05, 0) is 29.8 Å². The Balaban J connectivity index is 1.32. The second-order valence-electron chi connectivity index (χ2n) is 9.11. The monoisotopic (exact) mass is 580 g/mol. The molecule has 214 valence electrons. The predicted molar refractivity (Wildman–Crippen MR) is 139 cm³/mol. The lowest BCUT2D eigenvalue weighted by Crippen LogP contribution is -2.46. The number of alkyl halides is 3. The number of rotatable bonds is 9. The van der Waals surface area contributed by atoms with Crippen molar-refractivity contribution >= 4 is 21.7 Å². The number of nitrogens with one attached hydrogen (secondary N) is 1. The third-order valence-electron chi connectivity index (χ3n) is 6.22. The minimum absolute atomic E-state index is 0.0776. The van der Waals surface area contributed by atoms with E-state index in [1.54, 1.807) is 24.1 Å². The van der Waals surface area contributed by atoms with Crippen LogP contribution in [0, 0.1) is 0 Å². The molecule has 4 rings (SSSR count). The molecule has 3 heterocycles. The molecule has 2 N–H and O–H groups in total. The van der Waals surface area contributed by atoms with E-state index in [0.29, 0.717) is 44.3 Å². The van der Waals surface area contributed by atoms with Crippen LogP contribution < -0.4 is 14.4 Å². The van der Waals surface area contributed by atoms with Crippen molar-refractivity contribution in [1.29, 1.82) is 0 Å². The standard InChI is InChI=1S/C25H27F3N6O5S/c1-39-22-13-17(19-12-20(35)15-29-14-19)2-3-18(22)16-33-7-9-34(10-8-33)23-5-4-21(30-31-23)24(36)32-40(37,38)11-6-25(26,27)28/h2-5,12-15,35H,6-11,16H2,1H3,(H,32,36). The molecule has 3 aromatic rings. The second kappa shape index (κ2) is 12.0. The van der Waals surface area contributed by atoms with Gasteiger partial charge in [-0.25, -0.2) is 13.1 Å². The van der Waals surface area contributed by atoms with E-state index in [4.69, 9.17) is 4.74 Å². The van der Waals surface area contributed by atoms with Crippen molar-refractivity contribution in [3.63, 3.8) is 0 Å². The van der Waals surface area contributed by atoms with E-state index in [9.17, 15) is 31.5 Å². The summed E-state index contributed by atoms with van der Waals surface area (Å²) in [5, 5.41) is 17.5. The Bertz CT molecular complexity index is 1450. The number of aromatic hydroxyl groups is 1. The number of amides is 1. The Labute approximate surface area is 228 Å². The Hall–Kier alpha value is -3.98. The average Bonchev–Trinajstić information content (AvgIpc) is 2.92. The van der Waals surface area contributed by atoms with Crippen LogP contribution in [0.1, 0.15) is 22.5 Å². The summed E-state index contributed by atoms with van der Waals surface area (Å²) in [6.07, 6.45) is -3.20. The van der Waals surface area contributed by atoms with E-state index in [1.165, 1.54) is 18.3 Å². The summed E-state index contributed by atoms with van der Waals surface area (Å²) < 4.78 is 67.6. The third kappa shape index (κ3) is 7.79. The van der Waals surface area contributed by atoms with Crippen LogP contribution >= 0.6 is 0 Å².